The lowest BCUT2D eigenvalue weighted by molar-refractivity contribution is 0.132. The number of methoxy groups -OCH3 is 1. The topological polar surface area (TPSA) is 105 Å². The Morgan fingerprint density at radius 2 is 2.21 bits per heavy atom. The molecule has 4 rings (SSSR count). The number of amides is 1. The summed E-state index contributed by atoms with van der Waals surface area (Å²) in [5.41, 5.74) is 1.60. The van der Waals surface area contributed by atoms with Crippen LogP contribution in [-0.4, -0.2) is 57.2 Å². The molecular formula is C18H17ClFN7O2. The quantitative estimate of drug-likeness (QED) is 0.666. The van der Waals surface area contributed by atoms with Crippen molar-refractivity contribution in [3.63, 3.8) is 0 Å². The third-order valence-electron chi connectivity index (χ3n) is 4.51. The monoisotopic (exact) mass is 417 g/mol. The molecule has 0 bridgehead atoms. The molecule has 1 amide bonds. The van der Waals surface area contributed by atoms with E-state index in [1.165, 1.54) is 25.6 Å². The maximum Gasteiger partial charge on any atom is 0.409 e. The number of ether oxygens (including phenoxy) is 1. The van der Waals surface area contributed by atoms with E-state index in [0.29, 0.717) is 41.6 Å². The largest absolute Gasteiger partial charge is 0.453 e. The molecule has 0 spiro atoms. The van der Waals surface area contributed by atoms with Crippen LogP contribution in [0.5, 0.6) is 0 Å². The highest BCUT2D eigenvalue weighted by atomic mass is 35.5. The van der Waals surface area contributed by atoms with Gasteiger partial charge in [0.1, 0.15) is 23.2 Å². The van der Waals surface area contributed by atoms with Crippen LogP contribution in [0.15, 0.2) is 30.7 Å². The number of fused-ring (bicyclic) bond motifs is 1. The number of nitrogens with zero attached hydrogens (tertiary/aromatic N) is 5. The summed E-state index contributed by atoms with van der Waals surface area (Å²) in [4.78, 5) is 30.5. The van der Waals surface area contributed by atoms with E-state index in [1.54, 1.807) is 17.2 Å². The van der Waals surface area contributed by atoms with Gasteiger partial charge in [0.2, 0.25) is 5.95 Å². The number of anilines is 3. The minimum Gasteiger partial charge on any atom is -0.453 e. The predicted octanol–water partition coefficient (Wildman–Crippen LogP) is 3.21. The number of hydrogen-bond acceptors (Lipinski definition) is 8. The Morgan fingerprint density at radius 1 is 1.34 bits per heavy atom. The first-order chi connectivity index (χ1) is 14.0. The number of carbonyl (C=O) groups is 1. The predicted molar refractivity (Wildman–Crippen MR) is 106 cm³/mol. The fourth-order valence-corrected chi connectivity index (χ4v) is 3.26. The smallest absolute Gasteiger partial charge is 0.409 e. The van der Waals surface area contributed by atoms with Gasteiger partial charge in [-0.3, -0.25) is 0 Å². The second-order valence-electron chi connectivity index (χ2n) is 6.45. The molecule has 0 saturated carbocycles. The van der Waals surface area contributed by atoms with Gasteiger partial charge in [0.15, 0.2) is 5.82 Å². The van der Waals surface area contributed by atoms with Gasteiger partial charge in [-0.1, -0.05) is 11.6 Å². The van der Waals surface area contributed by atoms with Gasteiger partial charge in [-0.15, -0.1) is 0 Å². The average Bonchev–Trinajstić information content (AvgIpc) is 3.19. The minimum atomic E-state index is -0.504. The molecule has 9 nitrogen and oxygen atoms in total. The summed E-state index contributed by atoms with van der Waals surface area (Å²) in [5, 5.41) is 6.30. The first kappa shape index (κ1) is 19.1. The normalized spacial score (nSPS) is 16.1. The molecule has 3 aromatic rings. The molecule has 0 radical (unpaired) electrons. The first-order valence-electron chi connectivity index (χ1n) is 8.83. The van der Waals surface area contributed by atoms with E-state index in [1.807, 2.05) is 0 Å². The number of benzene rings is 1. The Labute approximate surface area is 170 Å². The molecule has 2 aromatic heterocycles. The van der Waals surface area contributed by atoms with E-state index < -0.39 is 5.82 Å². The molecule has 0 aliphatic carbocycles. The molecule has 29 heavy (non-hydrogen) atoms. The molecule has 1 saturated heterocycles. The first-order valence-corrected chi connectivity index (χ1v) is 9.20. The van der Waals surface area contributed by atoms with Gasteiger partial charge in [-0.25, -0.2) is 29.1 Å². The second kappa shape index (κ2) is 8.00. The zero-order chi connectivity index (χ0) is 20.4. The lowest BCUT2D eigenvalue weighted by Crippen LogP contribution is -2.31. The summed E-state index contributed by atoms with van der Waals surface area (Å²) in [6.45, 7) is 1.09. The molecule has 1 unspecified atom stereocenters. The molecule has 3 heterocycles. The summed E-state index contributed by atoms with van der Waals surface area (Å²) < 4.78 is 18.1. The maximum atomic E-state index is 13.4. The standard InChI is InChI=1S/C18H17ClFN7O2/c1-29-18(28)27-5-4-11(8-27)25-17-21-7-14-15(26-17)16(23-9-22-14)24-10-2-3-13(20)12(19)6-10/h2-3,6-7,9,11H,4-5,8H2,1H3,(H,21,25,26)(H,22,23,24). The van der Waals surface area contributed by atoms with Gasteiger partial charge in [-0.2, -0.15) is 0 Å². The van der Waals surface area contributed by atoms with Crippen molar-refractivity contribution in [3.05, 3.63) is 41.6 Å². The van der Waals surface area contributed by atoms with Gasteiger partial charge in [0, 0.05) is 24.8 Å². The Kier molecular flexibility index (Phi) is 5.26. The van der Waals surface area contributed by atoms with E-state index in [2.05, 4.69) is 30.6 Å². The maximum absolute atomic E-state index is 13.4. The number of aromatic nitrogens is 4. The highest BCUT2D eigenvalue weighted by Gasteiger charge is 2.27. The van der Waals surface area contributed by atoms with Crippen molar-refractivity contribution in [3.8, 4) is 0 Å². The lowest BCUT2D eigenvalue weighted by atomic mass is 10.3. The van der Waals surface area contributed by atoms with Crippen LogP contribution in [-0.2, 0) is 4.74 Å². The Hall–Kier alpha value is -3.27. The highest BCUT2D eigenvalue weighted by molar-refractivity contribution is 6.31. The number of carbonyl (C=O) groups excluding carboxylic acids is 1. The van der Waals surface area contributed by atoms with Crippen molar-refractivity contribution in [1.29, 1.82) is 0 Å². The number of rotatable bonds is 4. The van der Waals surface area contributed by atoms with Gasteiger partial charge < -0.3 is 20.3 Å². The van der Waals surface area contributed by atoms with E-state index in [9.17, 15) is 9.18 Å². The van der Waals surface area contributed by atoms with Crippen LogP contribution in [0.2, 0.25) is 5.02 Å². The molecule has 11 heteroatoms. The van der Waals surface area contributed by atoms with E-state index in [-0.39, 0.29) is 17.2 Å². The van der Waals surface area contributed by atoms with Gasteiger partial charge >= 0.3 is 6.09 Å². The van der Waals surface area contributed by atoms with Crippen LogP contribution in [0, 0.1) is 5.82 Å². The molecular weight excluding hydrogens is 401 g/mol. The van der Waals surface area contributed by atoms with Gasteiger partial charge in [0.05, 0.1) is 18.3 Å². The summed E-state index contributed by atoms with van der Waals surface area (Å²) in [5.74, 6) is 0.325. The summed E-state index contributed by atoms with van der Waals surface area (Å²) >= 11 is 5.84. The van der Waals surface area contributed by atoms with E-state index in [4.69, 9.17) is 16.3 Å². The van der Waals surface area contributed by atoms with Crippen molar-refractivity contribution in [1.82, 2.24) is 24.8 Å². The summed E-state index contributed by atoms with van der Waals surface area (Å²) in [6, 6.07) is 4.28. The van der Waals surface area contributed by atoms with E-state index in [0.717, 1.165) is 6.42 Å². The van der Waals surface area contributed by atoms with Crippen molar-refractivity contribution in [2.45, 2.75) is 12.5 Å². The molecule has 1 fully saturated rings. The second-order valence-corrected chi connectivity index (χ2v) is 6.86. The van der Waals surface area contributed by atoms with Gasteiger partial charge in [0.25, 0.3) is 0 Å². The molecule has 2 N–H and O–H groups in total. The fourth-order valence-electron chi connectivity index (χ4n) is 3.08. The third-order valence-corrected chi connectivity index (χ3v) is 4.80. The van der Waals surface area contributed by atoms with Crippen LogP contribution in [0.4, 0.5) is 26.6 Å². The zero-order valence-corrected chi connectivity index (χ0v) is 16.1. The van der Waals surface area contributed by atoms with Crippen LogP contribution in [0.3, 0.4) is 0 Å². The number of nitrogens with one attached hydrogen (secondary N) is 2. The van der Waals surface area contributed by atoms with Crippen LogP contribution in [0.1, 0.15) is 6.42 Å². The van der Waals surface area contributed by atoms with Crippen molar-refractivity contribution in [2.75, 3.05) is 30.8 Å². The lowest BCUT2D eigenvalue weighted by Gasteiger charge is -2.15. The number of likely N-dealkylation sites (tertiary alicyclic amines) is 1. The SMILES string of the molecule is COC(=O)N1CCC(Nc2ncc3ncnc(Nc4ccc(F)c(Cl)c4)c3n2)C1. The van der Waals surface area contributed by atoms with Crippen molar-refractivity contribution in [2.24, 2.45) is 0 Å². The molecule has 1 aromatic carbocycles. The van der Waals surface area contributed by atoms with Crippen LogP contribution >= 0.6 is 11.6 Å². The average molecular weight is 418 g/mol. The van der Waals surface area contributed by atoms with Crippen molar-refractivity contribution >= 4 is 46.2 Å². The highest BCUT2D eigenvalue weighted by Crippen LogP contribution is 2.25. The molecule has 1 aliphatic heterocycles. The van der Waals surface area contributed by atoms with Crippen LogP contribution < -0.4 is 10.6 Å². The number of halogens is 2. The molecule has 150 valence electrons. The zero-order valence-electron chi connectivity index (χ0n) is 15.4. The fraction of sp³-hybridized carbons (Fsp3) is 0.278. The Balaban J connectivity index is 1.56. The number of hydrogen-bond donors (Lipinski definition) is 2. The Morgan fingerprint density at radius 3 is 3.00 bits per heavy atom. The summed E-state index contributed by atoms with van der Waals surface area (Å²) in [6.07, 6.45) is 3.37. The minimum absolute atomic E-state index is 0.00161. The van der Waals surface area contributed by atoms with Crippen LogP contribution in [0.25, 0.3) is 11.0 Å². The van der Waals surface area contributed by atoms with Gasteiger partial charge in [-0.05, 0) is 24.6 Å². The molecule has 1 aliphatic rings. The Bertz CT molecular complexity index is 1070. The summed E-state index contributed by atoms with van der Waals surface area (Å²) in [7, 11) is 1.36. The third kappa shape index (κ3) is 4.11. The van der Waals surface area contributed by atoms with E-state index >= 15 is 0 Å². The van der Waals surface area contributed by atoms with Crippen molar-refractivity contribution < 1.29 is 13.9 Å². The molecule has 1 atom stereocenters.